The smallest absolute Gasteiger partial charge is 0.296 e. The van der Waals surface area contributed by atoms with Gasteiger partial charge in [-0.1, -0.05) is 43.4 Å². The minimum atomic E-state index is -0.750. The maximum Gasteiger partial charge on any atom is 0.296 e. The summed E-state index contributed by atoms with van der Waals surface area (Å²) in [6.07, 6.45) is 0. The fraction of sp³-hybridized carbons (Fsp3) is 0.261. The van der Waals surface area contributed by atoms with E-state index >= 15 is 0 Å². The lowest BCUT2D eigenvalue weighted by molar-refractivity contribution is -0.119. The first kappa shape index (κ1) is 20.1. The van der Waals surface area contributed by atoms with Crippen LogP contribution in [-0.4, -0.2) is 28.9 Å². The molecule has 3 aromatic rings. The Kier molecular flexibility index (Phi) is 5.07. The number of thiazole rings is 1. The van der Waals surface area contributed by atoms with Crippen LogP contribution >= 0.6 is 11.3 Å². The molecule has 1 atom stereocenters. The molecule has 1 aliphatic heterocycles. The third-order valence-electron chi connectivity index (χ3n) is 5.17. The Hall–Kier alpha value is -3.19. The third kappa shape index (κ3) is 3.25. The molecule has 0 bridgehead atoms. The molecule has 0 saturated heterocycles. The molecular weight excluding hydrogens is 400 g/mol. The molecule has 1 N–H and O–H groups in total. The Labute approximate surface area is 178 Å². The zero-order chi connectivity index (χ0) is 21.6. The van der Waals surface area contributed by atoms with Gasteiger partial charge in [-0.15, -0.1) is 0 Å². The molecule has 1 unspecified atom stereocenters. The molecule has 30 heavy (non-hydrogen) atoms. The number of fused-ring (bicyclic) bond motifs is 1. The van der Waals surface area contributed by atoms with E-state index in [2.05, 4.69) is 4.98 Å². The number of aliphatic hydroxyl groups is 1. The molecule has 4 rings (SSSR count). The highest BCUT2D eigenvalue weighted by atomic mass is 32.1. The van der Waals surface area contributed by atoms with Crippen LogP contribution in [0.25, 0.3) is 10.2 Å². The highest BCUT2D eigenvalue weighted by Crippen LogP contribution is 2.44. The zero-order valence-electron chi connectivity index (χ0n) is 17.2. The normalized spacial score (nSPS) is 16.8. The Balaban J connectivity index is 1.88. The van der Waals surface area contributed by atoms with Crippen molar-refractivity contribution in [1.29, 1.82) is 0 Å². The largest absolute Gasteiger partial charge is 0.503 e. The monoisotopic (exact) mass is 422 g/mol. The van der Waals surface area contributed by atoms with E-state index in [1.165, 1.54) is 16.2 Å². The van der Waals surface area contributed by atoms with Gasteiger partial charge in [0.2, 0.25) is 0 Å². The number of amides is 1. The number of ether oxygens (including phenoxy) is 1. The molecule has 6 nitrogen and oxygen atoms in total. The van der Waals surface area contributed by atoms with Gasteiger partial charge in [-0.2, -0.15) is 0 Å². The number of Topliss-reactive ketones (excluding diaryl/α,β-unsaturated/α-hetero) is 1. The second-order valence-electron chi connectivity index (χ2n) is 7.60. The van der Waals surface area contributed by atoms with E-state index in [0.717, 1.165) is 15.8 Å². The van der Waals surface area contributed by atoms with Crippen LogP contribution in [0.1, 0.15) is 31.0 Å². The van der Waals surface area contributed by atoms with Gasteiger partial charge in [-0.3, -0.25) is 14.5 Å². The van der Waals surface area contributed by atoms with Crippen LogP contribution in [0.4, 0.5) is 5.13 Å². The number of nitrogens with zero attached hydrogens (tertiary/aromatic N) is 2. The number of hydrogen-bond donors (Lipinski definition) is 1. The van der Waals surface area contributed by atoms with Crippen molar-refractivity contribution in [1.82, 2.24) is 4.98 Å². The maximum atomic E-state index is 13.1. The summed E-state index contributed by atoms with van der Waals surface area (Å²) in [6.45, 7) is 5.50. The number of carbonyl (C=O) groups excluding carboxylic acids is 2. The van der Waals surface area contributed by atoms with Crippen LogP contribution < -0.4 is 9.64 Å². The lowest BCUT2D eigenvalue weighted by Crippen LogP contribution is -2.31. The average molecular weight is 423 g/mol. The van der Waals surface area contributed by atoms with Crippen LogP contribution in [0, 0.1) is 12.8 Å². The number of carbonyl (C=O) groups is 2. The summed E-state index contributed by atoms with van der Waals surface area (Å²) in [7, 11) is 1.57. The van der Waals surface area contributed by atoms with Crippen molar-refractivity contribution in [3.63, 3.8) is 0 Å². The molecule has 1 aliphatic rings. The number of methoxy groups -OCH3 is 1. The summed E-state index contributed by atoms with van der Waals surface area (Å²) in [5.74, 6) is -1.09. The summed E-state index contributed by atoms with van der Waals surface area (Å²) in [6, 6.07) is 12.3. The number of aromatic nitrogens is 1. The van der Waals surface area contributed by atoms with Crippen LogP contribution in [0.3, 0.4) is 0 Å². The molecule has 2 heterocycles. The van der Waals surface area contributed by atoms with Crippen LogP contribution in [0.2, 0.25) is 0 Å². The van der Waals surface area contributed by atoms with Gasteiger partial charge in [0.05, 0.1) is 28.9 Å². The van der Waals surface area contributed by atoms with Crippen LogP contribution in [0.15, 0.2) is 53.8 Å². The van der Waals surface area contributed by atoms with Gasteiger partial charge in [-0.05, 0) is 42.3 Å². The molecule has 0 aliphatic carbocycles. The van der Waals surface area contributed by atoms with E-state index in [9.17, 15) is 14.7 Å². The van der Waals surface area contributed by atoms with Gasteiger partial charge in [0, 0.05) is 5.92 Å². The third-order valence-corrected chi connectivity index (χ3v) is 6.19. The second kappa shape index (κ2) is 7.57. The van der Waals surface area contributed by atoms with Crippen molar-refractivity contribution < 1.29 is 19.4 Å². The van der Waals surface area contributed by atoms with Gasteiger partial charge < -0.3 is 9.84 Å². The Morgan fingerprint density at radius 3 is 2.53 bits per heavy atom. The maximum absolute atomic E-state index is 13.1. The van der Waals surface area contributed by atoms with E-state index < -0.39 is 17.7 Å². The predicted octanol–water partition coefficient (Wildman–Crippen LogP) is 4.74. The van der Waals surface area contributed by atoms with E-state index in [-0.39, 0.29) is 17.3 Å². The van der Waals surface area contributed by atoms with Crippen molar-refractivity contribution >= 4 is 38.4 Å². The molecule has 154 valence electrons. The fourth-order valence-electron chi connectivity index (χ4n) is 3.59. The van der Waals surface area contributed by atoms with Gasteiger partial charge in [0.25, 0.3) is 5.91 Å². The number of aryl methyl sites for hydroxylation is 1. The summed E-state index contributed by atoms with van der Waals surface area (Å²) in [5.41, 5.74) is 2.67. The molecule has 0 fully saturated rings. The number of rotatable bonds is 5. The number of anilines is 1. The van der Waals surface area contributed by atoms with Gasteiger partial charge in [0.1, 0.15) is 5.75 Å². The SMILES string of the molecule is COc1ccc(C2C(C(=O)C(C)C)=C(O)C(=O)N2c2nc3ccc(C)cc3s2)cc1. The molecule has 7 heteroatoms. The average Bonchev–Trinajstić information content (AvgIpc) is 3.25. The zero-order valence-corrected chi connectivity index (χ0v) is 18.0. The van der Waals surface area contributed by atoms with Gasteiger partial charge in [0.15, 0.2) is 16.7 Å². The summed E-state index contributed by atoms with van der Waals surface area (Å²) in [5, 5.41) is 11.1. The van der Waals surface area contributed by atoms with Crippen LogP contribution in [0.5, 0.6) is 5.75 Å². The van der Waals surface area contributed by atoms with Gasteiger partial charge >= 0.3 is 0 Å². The first-order chi connectivity index (χ1) is 14.3. The van der Waals surface area contributed by atoms with Crippen molar-refractivity contribution in [3.8, 4) is 5.75 Å². The van der Waals surface area contributed by atoms with Gasteiger partial charge in [-0.25, -0.2) is 4.98 Å². The Morgan fingerprint density at radius 1 is 1.20 bits per heavy atom. The molecule has 1 amide bonds. The lowest BCUT2D eigenvalue weighted by Gasteiger charge is -2.25. The molecule has 0 saturated carbocycles. The van der Waals surface area contributed by atoms with Crippen LogP contribution in [-0.2, 0) is 9.59 Å². The molecule has 0 radical (unpaired) electrons. The summed E-state index contributed by atoms with van der Waals surface area (Å²) >= 11 is 1.36. The van der Waals surface area contributed by atoms with E-state index in [0.29, 0.717) is 16.4 Å². The summed E-state index contributed by atoms with van der Waals surface area (Å²) < 4.78 is 6.17. The summed E-state index contributed by atoms with van der Waals surface area (Å²) in [4.78, 5) is 32.1. The minimum Gasteiger partial charge on any atom is -0.503 e. The fourth-order valence-corrected chi connectivity index (χ4v) is 4.68. The highest BCUT2D eigenvalue weighted by Gasteiger charge is 2.46. The lowest BCUT2D eigenvalue weighted by atomic mass is 9.91. The molecule has 0 spiro atoms. The Bertz CT molecular complexity index is 1180. The quantitative estimate of drug-likeness (QED) is 0.642. The molecule has 2 aromatic carbocycles. The number of hydrogen-bond acceptors (Lipinski definition) is 6. The van der Waals surface area contributed by atoms with Crippen molar-refractivity contribution in [3.05, 3.63) is 64.9 Å². The first-order valence-corrected chi connectivity index (χ1v) is 10.5. The number of ketones is 1. The second-order valence-corrected chi connectivity index (χ2v) is 8.61. The number of aliphatic hydroxyl groups excluding tert-OH is 1. The molecule has 1 aromatic heterocycles. The van der Waals surface area contributed by atoms with Crippen molar-refractivity contribution in [2.24, 2.45) is 5.92 Å². The minimum absolute atomic E-state index is 0.107. The van der Waals surface area contributed by atoms with Crippen molar-refractivity contribution in [2.75, 3.05) is 12.0 Å². The first-order valence-electron chi connectivity index (χ1n) is 9.64. The predicted molar refractivity (Wildman–Crippen MR) is 117 cm³/mol. The van der Waals surface area contributed by atoms with E-state index in [1.54, 1.807) is 45.2 Å². The standard InChI is InChI=1S/C23H22N2O4S/c1-12(2)20(26)18-19(14-6-8-15(29-4)9-7-14)25(22(28)21(18)27)23-24-16-10-5-13(3)11-17(16)30-23/h5-12,19,27H,1-4H3. The van der Waals surface area contributed by atoms with E-state index in [1.807, 2.05) is 25.1 Å². The number of benzene rings is 2. The van der Waals surface area contributed by atoms with Crippen molar-refractivity contribution in [2.45, 2.75) is 26.8 Å². The Morgan fingerprint density at radius 2 is 1.90 bits per heavy atom. The molecular formula is C23H22N2O4S. The van der Waals surface area contributed by atoms with E-state index in [4.69, 9.17) is 4.74 Å². The topological polar surface area (TPSA) is 79.7 Å². The highest BCUT2D eigenvalue weighted by molar-refractivity contribution is 7.22.